The lowest BCUT2D eigenvalue weighted by atomic mass is 10.2. The molecule has 0 fully saturated rings. The Balaban J connectivity index is 3.03. The van der Waals surface area contributed by atoms with E-state index in [1.165, 1.54) is 18.2 Å². The van der Waals surface area contributed by atoms with Gasteiger partial charge in [-0.25, -0.2) is 4.79 Å². The van der Waals surface area contributed by atoms with Gasteiger partial charge in [0, 0.05) is 6.07 Å². The number of amides is 1. The van der Waals surface area contributed by atoms with Crippen LogP contribution in [0.2, 0.25) is 0 Å². The van der Waals surface area contributed by atoms with Crippen LogP contribution in [0.4, 0.5) is 0 Å². The molecule has 1 aromatic carbocycles. The Bertz CT molecular complexity index is 489. The predicted octanol–water partition coefficient (Wildman–Crippen LogP) is 0.218. The quantitative estimate of drug-likeness (QED) is 0.711. The summed E-state index contributed by atoms with van der Waals surface area (Å²) in [7, 11) is 0. The fourth-order valence-corrected chi connectivity index (χ4v) is 1.10. The first kappa shape index (κ1) is 12.4. The molecule has 6 heteroatoms. The molecule has 0 aliphatic rings. The number of carboxylic acids is 1. The van der Waals surface area contributed by atoms with Crippen molar-refractivity contribution in [2.24, 2.45) is 5.73 Å². The zero-order valence-corrected chi connectivity index (χ0v) is 8.67. The van der Waals surface area contributed by atoms with Gasteiger partial charge in [-0.2, -0.15) is 0 Å². The minimum absolute atomic E-state index is 0.00708. The first-order valence-electron chi connectivity index (χ1n) is 4.45. The molecular weight excluding hydrogens is 226 g/mol. The van der Waals surface area contributed by atoms with Crippen LogP contribution in [0.3, 0.4) is 0 Å². The molecule has 17 heavy (non-hydrogen) atoms. The second-order valence-corrected chi connectivity index (χ2v) is 2.92. The Morgan fingerprint density at radius 3 is 2.71 bits per heavy atom. The number of benzene rings is 1. The zero-order chi connectivity index (χ0) is 12.8. The van der Waals surface area contributed by atoms with Crippen molar-refractivity contribution in [3.63, 3.8) is 0 Å². The minimum Gasteiger partial charge on any atom is -0.481 e. The Hall–Kier alpha value is -2.68. The summed E-state index contributed by atoms with van der Waals surface area (Å²) in [5.41, 5.74) is 5.15. The number of terminal acetylenes is 1. The molecular formula is C11H9NO5. The average Bonchev–Trinajstić information content (AvgIpc) is 2.26. The van der Waals surface area contributed by atoms with Crippen molar-refractivity contribution < 1.29 is 24.2 Å². The highest BCUT2D eigenvalue weighted by Gasteiger charge is 2.12. The molecule has 0 saturated heterocycles. The maximum atomic E-state index is 11.0. The summed E-state index contributed by atoms with van der Waals surface area (Å²) >= 11 is 0. The van der Waals surface area contributed by atoms with Crippen molar-refractivity contribution in [2.75, 3.05) is 6.61 Å². The van der Waals surface area contributed by atoms with E-state index < -0.39 is 18.5 Å². The highest BCUT2D eigenvalue weighted by atomic mass is 16.5. The number of ether oxygens (including phenoxy) is 2. The molecule has 3 N–H and O–H groups in total. The standard InChI is InChI=1S/C11H9NO5/c1-2-16-7-3-4-8(11(12)15)9(5-7)17-6-10(13)14/h1,3-5H,6H2,(H2,12,15)(H,13,14). The number of nitrogens with two attached hydrogens (primary N) is 1. The number of rotatable bonds is 5. The highest BCUT2D eigenvalue weighted by Crippen LogP contribution is 2.24. The molecule has 0 radical (unpaired) electrons. The van der Waals surface area contributed by atoms with Crippen LogP contribution < -0.4 is 15.2 Å². The Kier molecular flexibility index (Phi) is 3.95. The van der Waals surface area contributed by atoms with Crippen molar-refractivity contribution in [2.45, 2.75) is 0 Å². The van der Waals surface area contributed by atoms with E-state index in [-0.39, 0.29) is 17.1 Å². The molecule has 6 nitrogen and oxygen atoms in total. The number of carbonyl (C=O) groups excluding carboxylic acids is 1. The van der Waals surface area contributed by atoms with Crippen LogP contribution in [0.1, 0.15) is 10.4 Å². The summed E-state index contributed by atoms with van der Waals surface area (Å²) in [6.45, 7) is -0.597. The minimum atomic E-state index is -1.18. The van der Waals surface area contributed by atoms with Crippen LogP contribution in [0.15, 0.2) is 18.2 Å². The largest absolute Gasteiger partial charge is 0.481 e. The molecule has 1 aromatic rings. The van der Waals surface area contributed by atoms with Gasteiger partial charge in [0.2, 0.25) is 0 Å². The first-order valence-corrected chi connectivity index (χ1v) is 4.45. The van der Waals surface area contributed by atoms with E-state index in [0.717, 1.165) is 0 Å². The molecule has 1 rings (SSSR count). The Labute approximate surface area is 96.9 Å². The van der Waals surface area contributed by atoms with Crippen LogP contribution in [-0.2, 0) is 4.79 Å². The van der Waals surface area contributed by atoms with Crippen molar-refractivity contribution in [3.05, 3.63) is 23.8 Å². The average molecular weight is 235 g/mol. The van der Waals surface area contributed by atoms with E-state index in [4.69, 9.17) is 26.7 Å². The third-order valence-corrected chi connectivity index (χ3v) is 1.75. The third kappa shape index (κ3) is 3.43. The van der Waals surface area contributed by atoms with E-state index in [2.05, 4.69) is 0 Å². The van der Waals surface area contributed by atoms with E-state index in [9.17, 15) is 9.59 Å². The van der Waals surface area contributed by atoms with E-state index in [0.29, 0.717) is 0 Å². The smallest absolute Gasteiger partial charge is 0.341 e. The van der Waals surface area contributed by atoms with E-state index >= 15 is 0 Å². The van der Waals surface area contributed by atoms with Gasteiger partial charge in [-0.3, -0.25) is 4.79 Å². The molecule has 0 bridgehead atoms. The number of aliphatic carboxylic acids is 1. The molecule has 0 aliphatic carbocycles. The van der Waals surface area contributed by atoms with Gasteiger partial charge in [-0.15, -0.1) is 0 Å². The topological polar surface area (TPSA) is 98.9 Å². The van der Waals surface area contributed by atoms with Gasteiger partial charge in [0.05, 0.1) is 5.56 Å². The summed E-state index contributed by atoms with van der Waals surface area (Å²) < 4.78 is 9.63. The summed E-state index contributed by atoms with van der Waals surface area (Å²) in [5, 5.41) is 8.47. The number of primary amides is 1. The first-order chi connectivity index (χ1) is 8.04. The number of hydrogen-bond acceptors (Lipinski definition) is 4. The predicted molar refractivity (Wildman–Crippen MR) is 57.6 cm³/mol. The number of hydrogen-bond donors (Lipinski definition) is 2. The van der Waals surface area contributed by atoms with Crippen LogP contribution >= 0.6 is 0 Å². The van der Waals surface area contributed by atoms with Gasteiger partial charge >= 0.3 is 5.97 Å². The van der Waals surface area contributed by atoms with Gasteiger partial charge in [0.15, 0.2) is 6.61 Å². The van der Waals surface area contributed by atoms with Gasteiger partial charge in [-0.05, 0) is 12.1 Å². The third-order valence-electron chi connectivity index (χ3n) is 1.75. The second kappa shape index (κ2) is 5.42. The maximum Gasteiger partial charge on any atom is 0.341 e. The molecule has 88 valence electrons. The van der Waals surface area contributed by atoms with Gasteiger partial charge in [0.25, 0.3) is 5.91 Å². The van der Waals surface area contributed by atoms with Crippen LogP contribution in [0, 0.1) is 12.5 Å². The van der Waals surface area contributed by atoms with Crippen LogP contribution in [-0.4, -0.2) is 23.6 Å². The monoisotopic (exact) mass is 235 g/mol. The van der Waals surface area contributed by atoms with Gasteiger partial charge in [0.1, 0.15) is 17.6 Å². The molecule has 0 heterocycles. The molecule has 0 saturated carbocycles. The van der Waals surface area contributed by atoms with Crippen molar-refractivity contribution in [1.29, 1.82) is 0 Å². The fraction of sp³-hybridized carbons (Fsp3) is 0.0909. The normalized spacial score (nSPS) is 9.12. The molecule has 0 aliphatic heterocycles. The molecule has 0 atom stereocenters. The Morgan fingerprint density at radius 2 is 2.18 bits per heavy atom. The van der Waals surface area contributed by atoms with Gasteiger partial charge in [-0.1, -0.05) is 6.42 Å². The van der Waals surface area contributed by atoms with E-state index in [1.54, 1.807) is 0 Å². The lowest BCUT2D eigenvalue weighted by Gasteiger charge is -2.08. The summed E-state index contributed by atoms with van der Waals surface area (Å²) in [4.78, 5) is 21.4. The molecule has 0 spiro atoms. The zero-order valence-electron chi connectivity index (χ0n) is 8.67. The summed E-state index contributed by atoms with van der Waals surface area (Å²) in [6, 6.07) is 4.06. The molecule has 0 unspecified atom stereocenters. The van der Waals surface area contributed by atoms with Gasteiger partial charge < -0.3 is 20.3 Å². The molecule has 0 aromatic heterocycles. The maximum absolute atomic E-state index is 11.0. The molecule has 1 amide bonds. The SMILES string of the molecule is C#COc1ccc(C(N)=O)c(OCC(=O)O)c1. The fourth-order valence-electron chi connectivity index (χ4n) is 1.10. The highest BCUT2D eigenvalue weighted by molar-refractivity contribution is 5.95. The van der Waals surface area contributed by atoms with Crippen molar-refractivity contribution >= 4 is 11.9 Å². The van der Waals surface area contributed by atoms with Crippen molar-refractivity contribution in [3.8, 4) is 24.0 Å². The lowest BCUT2D eigenvalue weighted by molar-refractivity contribution is -0.139. The summed E-state index contributed by atoms with van der Waals surface area (Å²) in [5.74, 6) is -1.66. The number of carboxylic acid groups (broad SMARTS) is 1. The van der Waals surface area contributed by atoms with Crippen molar-refractivity contribution in [1.82, 2.24) is 0 Å². The summed E-state index contributed by atoms with van der Waals surface area (Å²) in [6.07, 6.45) is 6.87. The Morgan fingerprint density at radius 1 is 1.47 bits per heavy atom. The lowest BCUT2D eigenvalue weighted by Crippen LogP contribution is -2.16. The van der Waals surface area contributed by atoms with Crippen LogP contribution in [0.5, 0.6) is 11.5 Å². The van der Waals surface area contributed by atoms with Crippen LogP contribution in [0.25, 0.3) is 0 Å². The number of carbonyl (C=O) groups is 2. The van der Waals surface area contributed by atoms with E-state index in [1.807, 2.05) is 6.11 Å². The second-order valence-electron chi connectivity index (χ2n) is 2.92.